The highest BCUT2D eigenvalue weighted by Crippen LogP contribution is 2.18. The molecule has 0 fully saturated rings. The van der Waals surface area contributed by atoms with E-state index in [2.05, 4.69) is 45.1 Å². The standard InChI is InChI=1S/C63H118O6/c1-4-7-10-13-16-19-22-25-28-30-31-33-35-38-41-44-47-50-53-56-62(65)68-59-60(58-67-61(64)55-52-49-46-43-40-37-34-27-24-21-18-15-12-9-6-3)69-63(66)57-54-51-48-45-42-39-36-32-29-26-23-20-17-14-11-8-5-2/h17,20,26,29,60H,4-16,18-19,21-25,27-28,30-59H2,1-3H3/b20-17-,29-26-/t60-/m1/s1. The monoisotopic (exact) mass is 971 g/mol. The van der Waals surface area contributed by atoms with Crippen LogP contribution in [0, 0.1) is 0 Å². The molecular weight excluding hydrogens is 853 g/mol. The van der Waals surface area contributed by atoms with Gasteiger partial charge in [-0.15, -0.1) is 0 Å². The fourth-order valence-electron chi connectivity index (χ4n) is 9.30. The molecule has 0 N–H and O–H groups in total. The van der Waals surface area contributed by atoms with Gasteiger partial charge in [0.2, 0.25) is 0 Å². The highest BCUT2D eigenvalue weighted by atomic mass is 16.6. The van der Waals surface area contributed by atoms with Gasteiger partial charge in [-0.1, -0.05) is 295 Å². The van der Waals surface area contributed by atoms with Crippen LogP contribution in [0.5, 0.6) is 0 Å². The van der Waals surface area contributed by atoms with Crippen LogP contribution >= 0.6 is 0 Å². The van der Waals surface area contributed by atoms with E-state index in [-0.39, 0.29) is 31.1 Å². The van der Waals surface area contributed by atoms with Gasteiger partial charge in [-0.3, -0.25) is 14.4 Å². The topological polar surface area (TPSA) is 78.9 Å². The molecule has 0 aliphatic carbocycles. The molecule has 0 heterocycles. The molecule has 1 atom stereocenters. The summed E-state index contributed by atoms with van der Waals surface area (Å²) >= 11 is 0. The minimum atomic E-state index is -0.771. The molecule has 0 unspecified atom stereocenters. The Balaban J connectivity index is 4.32. The van der Waals surface area contributed by atoms with Crippen LogP contribution in [0.4, 0.5) is 0 Å². The van der Waals surface area contributed by atoms with Gasteiger partial charge in [0.1, 0.15) is 13.2 Å². The van der Waals surface area contributed by atoms with Crippen molar-refractivity contribution in [2.75, 3.05) is 13.2 Å². The summed E-state index contributed by atoms with van der Waals surface area (Å²) in [7, 11) is 0. The Bertz CT molecular complexity index is 1110. The van der Waals surface area contributed by atoms with Crippen molar-refractivity contribution in [3.05, 3.63) is 24.3 Å². The maximum absolute atomic E-state index is 12.9. The average Bonchev–Trinajstić information content (AvgIpc) is 3.35. The summed E-state index contributed by atoms with van der Waals surface area (Å²) in [5.41, 5.74) is 0. The van der Waals surface area contributed by atoms with Gasteiger partial charge >= 0.3 is 17.9 Å². The first-order chi connectivity index (χ1) is 34.0. The highest BCUT2D eigenvalue weighted by Gasteiger charge is 2.19. The van der Waals surface area contributed by atoms with Crippen molar-refractivity contribution in [1.82, 2.24) is 0 Å². The van der Waals surface area contributed by atoms with Crippen LogP contribution in [0.1, 0.15) is 342 Å². The maximum atomic E-state index is 12.9. The van der Waals surface area contributed by atoms with Crippen LogP contribution < -0.4 is 0 Å². The fourth-order valence-corrected chi connectivity index (χ4v) is 9.30. The van der Waals surface area contributed by atoms with Gasteiger partial charge in [-0.25, -0.2) is 0 Å². The van der Waals surface area contributed by atoms with Gasteiger partial charge < -0.3 is 14.2 Å². The van der Waals surface area contributed by atoms with Crippen LogP contribution in [0.2, 0.25) is 0 Å². The number of carbonyl (C=O) groups is 3. The minimum absolute atomic E-state index is 0.0686. The van der Waals surface area contributed by atoms with Crippen LogP contribution in [-0.2, 0) is 28.6 Å². The summed E-state index contributed by atoms with van der Waals surface area (Å²) < 4.78 is 16.9. The highest BCUT2D eigenvalue weighted by molar-refractivity contribution is 5.71. The van der Waals surface area contributed by atoms with E-state index < -0.39 is 6.10 Å². The molecule has 0 spiro atoms. The summed E-state index contributed by atoms with van der Waals surface area (Å²) in [5.74, 6) is -0.850. The Kier molecular flexibility index (Phi) is 56.7. The molecule has 0 aromatic carbocycles. The van der Waals surface area contributed by atoms with Crippen molar-refractivity contribution < 1.29 is 28.6 Å². The van der Waals surface area contributed by atoms with Crippen LogP contribution in [0.3, 0.4) is 0 Å². The minimum Gasteiger partial charge on any atom is -0.462 e. The zero-order valence-corrected chi connectivity index (χ0v) is 46.6. The van der Waals surface area contributed by atoms with Crippen molar-refractivity contribution in [3.63, 3.8) is 0 Å². The van der Waals surface area contributed by atoms with Crippen molar-refractivity contribution in [2.24, 2.45) is 0 Å². The fraction of sp³-hybridized carbons (Fsp3) is 0.889. The predicted octanol–water partition coefficient (Wildman–Crippen LogP) is 20.7. The third kappa shape index (κ3) is 56.7. The summed E-state index contributed by atoms with van der Waals surface area (Å²) in [4.78, 5) is 38.2. The lowest BCUT2D eigenvalue weighted by Gasteiger charge is -2.18. The molecule has 0 rings (SSSR count). The van der Waals surface area contributed by atoms with Gasteiger partial charge in [0, 0.05) is 19.3 Å². The van der Waals surface area contributed by atoms with Crippen molar-refractivity contribution in [3.8, 4) is 0 Å². The smallest absolute Gasteiger partial charge is 0.306 e. The summed E-state index contributed by atoms with van der Waals surface area (Å²) in [6, 6.07) is 0. The molecule has 0 saturated heterocycles. The van der Waals surface area contributed by atoms with Gasteiger partial charge in [0.05, 0.1) is 0 Å². The number of esters is 3. The third-order valence-electron chi connectivity index (χ3n) is 14.0. The number of hydrogen-bond donors (Lipinski definition) is 0. The second kappa shape index (κ2) is 58.5. The molecule has 69 heavy (non-hydrogen) atoms. The molecule has 0 aromatic rings. The zero-order valence-electron chi connectivity index (χ0n) is 46.6. The number of allylic oxidation sites excluding steroid dienone is 4. The molecule has 6 nitrogen and oxygen atoms in total. The molecule has 0 amide bonds. The van der Waals surface area contributed by atoms with Gasteiger partial charge in [0.25, 0.3) is 0 Å². The summed E-state index contributed by atoms with van der Waals surface area (Å²) in [5, 5.41) is 0. The van der Waals surface area contributed by atoms with Gasteiger partial charge in [-0.2, -0.15) is 0 Å². The van der Waals surface area contributed by atoms with E-state index in [1.165, 1.54) is 231 Å². The van der Waals surface area contributed by atoms with Crippen LogP contribution in [0.25, 0.3) is 0 Å². The van der Waals surface area contributed by atoms with E-state index >= 15 is 0 Å². The molecule has 406 valence electrons. The maximum Gasteiger partial charge on any atom is 0.306 e. The lowest BCUT2D eigenvalue weighted by molar-refractivity contribution is -0.167. The lowest BCUT2D eigenvalue weighted by Crippen LogP contribution is -2.30. The van der Waals surface area contributed by atoms with E-state index in [4.69, 9.17) is 14.2 Å². The van der Waals surface area contributed by atoms with Crippen molar-refractivity contribution in [1.29, 1.82) is 0 Å². The predicted molar refractivity (Wildman–Crippen MR) is 298 cm³/mol. The largest absolute Gasteiger partial charge is 0.462 e. The molecule has 0 radical (unpaired) electrons. The Morgan fingerprint density at radius 3 is 0.826 bits per heavy atom. The number of rotatable bonds is 57. The Morgan fingerprint density at radius 2 is 0.522 bits per heavy atom. The molecule has 6 heteroatoms. The number of hydrogen-bond acceptors (Lipinski definition) is 6. The summed E-state index contributed by atoms with van der Waals surface area (Å²) in [6.07, 6.45) is 68.8. The summed E-state index contributed by atoms with van der Waals surface area (Å²) in [6.45, 7) is 6.67. The van der Waals surface area contributed by atoms with E-state index in [0.29, 0.717) is 19.3 Å². The number of carbonyl (C=O) groups excluding carboxylic acids is 3. The van der Waals surface area contributed by atoms with E-state index in [0.717, 1.165) is 70.6 Å². The van der Waals surface area contributed by atoms with E-state index in [1.54, 1.807) is 0 Å². The average molecular weight is 972 g/mol. The molecule has 0 aliphatic rings. The molecular formula is C63H118O6. The second-order valence-corrected chi connectivity index (χ2v) is 21.0. The zero-order chi connectivity index (χ0) is 50.0. The SMILES string of the molecule is CCCCC/C=C\C/C=C\CCCCCCCCCC(=O)O[C@H](COC(=O)CCCCCCCCCCCCCCCCC)COC(=O)CCCCCCCCCCCCCCCCCCCCC. The molecule has 0 aromatic heterocycles. The van der Waals surface area contributed by atoms with E-state index in [1.807, 2.05) is 0 Å². The van der Waals surface area contributed by atoms with Gasteiger partial charge in [-0.05, 0) is 51.4 Å². The van der Waals surface area contributed by atoms with Gasteiger partial charge in [0.15, 0.2) is 6.10 Å². The quantitative estimate of drug-likeness (QED) is 0.0261. The normalized spacial score (nSPS) is 12.1. The number of unbranched alkanes of at least 4 members (excludes halogenated alkanes) is 42. The van der Waals surface area contributed by atoms with E-state index in [9.17, 15) is 14.4 Å². The van der Waals surface area contributed by atoms with Crippen LogP contribution in [-0.4, -0.2) is 37.2 Å². The first-order valence-electron chi connectivity index (χ1n) is 30.8. The van der Waals surface area contributed by atoms with Crippen molar-refractivity contribution >= 4 is 17.9 Å². The molecule has 0 saturated carbocycles. The van der Waals surface area contributed by atoms with Crippen LogP contribution in [0.15, 0.2) is 24.3 Å². The lowest BCUT2D eigenvalue weighted by atomic mass is 10.0. The number of ether oxygens (including phenoxy) is 3. The molecule has 0 aliphatic heterocycles. The second-order valence-electron chi connectivity index (χ2n) is 21.0. The Morgan fingerprint density at radius 1 is 0.290 bits per heavy atom. The first-order valence-corrected chi connectivity index (χ1v) is 30.8. The van der Waals surface area contributed by atoms with Crippen molar-refractivity contribution in [2.45, 2.75) is 348 Å². The third-order valence-corrected chi connectivity index (χ3v) is 14.0. The Hall–Kier alpha value is -2.11. The molecule has 0 bridgehead atoms. The Labute approximate surface area is 430 Å². The first kappa shape index (κ1) is 66.9.